The first kappa shape index (κ1) is 12.6. The Morgan fingerprint density at radius 2 is 2.22 bits per heavy atom. The van der Waals surface area contributed by atoms with Crippen molar-refractivity contribution in [1.29, 1.82) is 0 Å². The maximum absolute atomic E-state index is 5.97. The molecule has 0 unspecified atom stereocenters. The van der Waals surface area contributed by atoms with Gasteiger partial charge in [-0.1, -0.05) is 16.8 Å². The normalized spacial score (nSPS) is 10.4. The fourth-order valence-electron chi connectivity index (χ4n) is 1.34. The number of aryl methyl sites for hydroxylation is 1. The van der Waals surface area contributed by atoms with Gasteiger partial charge >= 0.3 is 0 Å². The SMILES string of the molecule is CNc1ncc(Cl)c(NCCc2nc(C)no2)n1. The number of anilines is 2. The summed E-state index contributed by atoms with van der Waals surface area (Å²) >= 11 is 5.97. The number of nitrogens with one attached hydrogen (secondary N) is 2. The molecule has 0 aliphatic carbocycles. The minimum absolute atomic E-state index is 0.468. The third kappa shape index (κ3) is 3.07. The summed E-state index contributed by atoms with van der Waals surface area (Å²) in [6.45, 7) is 2.38. The van der Waals surface area contributed by atoms with E-state index in [0.717, 1.165) is 0 Å². The van der Waals surface area contributed by atoms with Crippen LogP contribution in [0.15, 0.2) is 10.7 Å². The highest BCUT2D eigenvalue weighted by Crippen LogP contribution is 2.18. The summed E-state index contributed by atoms with van der Waals surface area (Å²) in [5.41, 5.74) is 0. The van der Waals surface area contributed by atoms with Crippen LogP contribution in [0.4, 0.5) is 11.8 Å². The van der Waals surface area contributed by atoms with Crippen molar-refractivity contribution in [2.24, 2.45) is 0 Å². The highest BCUT2D eigenvalue weighted by molar-refractivity contribution is 6.32. The van der Waals surface area contributed by atoms with Crippen LogP contribution in [-0.4, -0.2) is 33.7 Å². The summed E-state index contributed by atoms with van der Waals surface area (Å²) in [6, 6.07) is 0. The highest BCUT2D eigenvalue weighted by Gasteiger charge is 2.06. The second-order valence-electron chi connectivity index (χ2n) is 3.55. The Hall–Kier alpha value is -1.89. The number of aromatic nitrogens is 4. The number of halogens is 1. The van der Waals surface area contributed by atoms with Gasteiger partial charge < -0.3 is 15.2 Å². The molecule has 0 fully saturated rings. The summed E-state index contributed by atoms with van der Waals surface area (Å²) in [6.07, 6.45) is 2.15. The maximum atomic E-state index is 5.97. The molecule has 2 aromatic rings. The zero-order chi connectivity index (χ0) is 13.0. The Morgan fingerprint density at radius 1 is 1.39 bits per heavy atom. The van der Waals surface area contributed by atoms with Crippen LogP contribution in [0.25, 0.3) is 0 Å². The summed E-state index contributed by atoms with van der Waals surface area (Å²) in [5.74, 6) is 2.30. The third-order valence-corrected chi connectivity index (χ3v) is 2.45. The van der Waals surface area contributed by atoms with Crippen LogP contribution in [0.1, 0.15) is 11.7 Å². The molecule has 0 atom stereocenters. The number of nitrogens with zero attached hydrogens (tertiary/aromatic N) is 4. The van der Waals surface area contributed by atoms with Gasteiger partial charge in [0.25, 0.3) is 0 Å². The first-order valence-corrected chi connectivity index (χ1v) is 5.80. The summed E-state index contributed by atoms with van der Waals surface area (Å²) in [5, 5.41) is 10.1. The number of hydrogen-bond acceptors (Lipinski definition) is 7. The molecule has 0 amide bonds. The van der Waals surface area contributed by atoms with Gasteiger partial charge in [-0.05, 0) is 6.92 Å². The molecule has 0 saturated carbocycles. The molecule has 0 radical (unpaired) electrons. The predicted molar refractivity (Wildman–Crippen MR) is 67.8 cm³/mol. The van der Waals surface area contributed by atoms with Crippen LogP contribution in [0.2, 0.25) is 5.02 Å². The lowest BCUT2D eigenvalue weighted by molar-refractivity contribution is 0.377. The fourth-order valence-corrected chi connectivity index (χ4v) is 1.50. The van der Waals surface area contributed by atoms with E-state index >= 15 is 0 Å². The second-order valence-corrected chi connectivity index (χ2v) is 3.96. The standard InChI is InChI=1S/C10H13ClN6O/c1-6-15-8(18-17-6)3-4-13-9-7(11)5-14-10(12-2)16-9/h5H,3-4H2,1-2H3,(H2,12,13,14,16). The molecule has 0 spiro atoms. The van der Waals surface area contributed by atoms with Gasteiger partial charge in [-0.25, -0.2) is 4.98 Å². The molecule has 2 N–H and O–H groups in total. The number of hydrogen-bond donors (Lipinski definition) is 2. The Bertz CT molecular complexity index is 529. The van der Waals surface area contributed by atoms with E-state index in [4.69, 9.17) is 16.1 Å². The highest BCUT2D eigenvalue weighted by atomic mass is 35.5. The lowest BCUT2D eigenvalue weighted by Crippen LogP contribution is -2.08. The van der Waals surface area contributed by atoms with Crippen molar-refractivity contribution in [2.75, 3.05) is 24.2 Å². The van der Waals surface area contributed by atoms with Crippen molar-refractivity contribution in [3.63, 3.8) is 0 Å². The van der Waals surface area contributed by atoms with E-state index in [1.54, 1.807) is 20.2 Å². The van der Waals surface area contributed by atoms with E-state index in [0.29, 0.717) is 41.5 Å². The second kappa shape index (κ2) is 5.63. The van der Waals surface area contributed by atoms with Crippen molar-refractivity contribution in [3.05, 3.63) is 22.9 Å². The Morgan fingerprint density at radius 3 is 2.89 bits per heavy atom. The molecule has 2 rings (SSSR count). The van der Waals surface area contributed by atoms with Gasteiger partial charge in [0.2, 0.25) is 11.8 Å². The van der Waals surface area contributed by atoms with Gasteiger partial charge in [-0.3, -0.25) is 0 Å². The molecule has 2 heterocycles. The van der Waals surface area contributed by atoms with E-state index in [-0.39, 0.29) is 0 Å². The van der Waals surface area contributed by atoms with Gasteiger partial charge in [-0.15, -0.1) is 0 Å². The van der Waals surface area contributed by atoms with E-state index in [1.807, 2.05) is 0 Å². The van der Waals surface area contributed by atoms with Gasteiger partial charge in [0, 0.05) is 20.0 Å². The van der Waals surface area contributed by atoms with Crippen molar-refractivity contribution in [3.8, 4) is 0 Å². The quantitative estimate of drug-likeness (QED) is 0.850. The van der Waals surface area contributed by atoms with Crippen LogP contribution in [0.5, 0.6) is 0 Å². The summed E-state index contributed by atoms with van der Waals surface area (Å²) in [7, 11) is 1.74. The molecular formula is C10H13ClN6O. The molecule has 0 aliphatic heterocycles. The van der Waals surface area contributed by atoms with E-state index in [9.17, 15) is 0 Å². The first-order chi connectivity index (χ1) is 8.69. The largest absolute Gasteiger partial charge is 0.368 e. The van der Waals surface area contributed by atoms with Gasteiger partial charge in [0.15, 0.2) is 5.82 Å². The van der Waals surface area contributed by atoms with Crippen LogP contribution in [0, 0.1) is 6.92 Å². The Kier molecular flexibility index (Phi) is 3.93. The number of rotatable bonds is 5. The zero-order valence-corrected chi connectivity index (χ0v) is 10.8. The van der Waals surface area contributed by atoms with Crippen LogP contribution in [-0.2, 0) is 6.42 Å². The average Bonchev–Trinajstić information content (AvgIpc) is 2.77. The topological polar surface area (TPSA) is 88.8 Å². The summed E-state index contributed by atoms with van der Waals surface area (Å²) < 4.78 is 5.00. The van der Waals surface area contributed by atoms with Crippen molar-refractivity contribution in [1.82, 2.24) is 20.1 Å². The third-order valence-electron chi connectivity index (χ3n) is 2.17. The van der Waals surface area contributed by atoms with Crippen molar-refractivity contribution >= 4 is 23.4 Å². The minimum Gasteiger partial charge on any atom is -0.368 e. The smallest absolute Gasteiger partial charge is 0.228 e. The molecule has 0 aromatic carbocycles. The predicted octanol–water partition coefficient (Wildman–Crippen LogP) is 1.52. The van der Waals surface area contributed by atoms with Crippen molar-refractivity contribution in [2.45, 2.75) is 13.3 Å². The fraction of sp³-hybridized carbons (Fsp3) is 0.400. The van der Waals surface area contributed by atoms with E-state index < -0.39 is 0 Å². The molecule has 7 nitrogen and oxygen atoms in total. The Labute approximate surface area is 109 Å². The molecule has 0 bridgehead atoms. The van der Waals surface area contributed by atoms with Crippen molar-refractivity contribution < 1.29 is 4.52 Å². The van der Waals surface area contributed by atoms with Crippen LogP contribution in [0.3, 0.4) is 0 Å². The zero-order valence-electron chi connectivity index (χ0n) is 10.1. The molecule has 8 heteroatoms. The van der Waals surface area contributed by atoms with Crippen LogP contribution < -0.4 is 10.6 Å². The average molecular weight is 269 g/mol. The van der Waals surface area contributed by atoms with Gasteiger partial charge in [0.1, 0.15) is 10.8 Å². The molecular weight excluding hydrogens is 256 g/mol. The molecule has 0 aliphatic rings. The lowest BCUT2D eigenvalue weighted by atomic mass is 10.4. The molecule has 18 heavy (non-hydrogen) atoms. The minimum atomic E-state index is 0.468. The first-order valence-electron chi connectivity index (χ1n) is 5.42. The van der Waals surface area contributed by atoms with E-state index in [2.05, 4.69) is 30.7 Å². The molecule has 0 saturated heterocycles. The molecule has 2 aromatic heterocycles. The Balaban J connectivity index is 1.93. The summed E-state index contributed by atoms with van der Waals surface area (Å²) in [4.78, 5) is 12.3. The van der Waals surface area contributed by atoms with Gasteiger partial charge in [0.05, 0.1) is 6.20 Å². The monoisotopic (exact) mass is 268 g/mol. The van der Waals surface area contributed by atoms with Gasteiger partial charge in [-0.2, -0.15) is 9.97 Å². The molecule has 96 valence electrons. The maximum Gasteiger partial charge on any atom is 0.228 e. The lowest BCUT2D eigenvalue weighted by Gasteiger charge is -2.07. The van der Waals surface area contributed by atoms with E-state index in [1.165, 1.54) is 0 Å². The van der Waals surface area contributed by atoms with Crippen LogP contribution >= 0.6 is 11.6 Å².